The van der Waals surface area contributed by atoms with E-state index in [1.807, 2.05) is 13.8 Å². The summed E-state index contributed by atoms with van der Waals surface area (Å²) < 4.78 is 0. The number of amides is 2. The Morgan fingerprint density at radius 3 is 2.55 bits per heavy atom. The van der Waals surface area contributed by atoms with Crippen molar-refractivity contribution in [3.63, 3.8) is 0 Å². The summed E-state index contributed by atoms with van der Waals surface area (Å²) in [5.41, 5.74) is 0.167. The molecule has 0 aromatic carbocycles. The van der Waals surface area contributed by atoms with Crippen molar-refractivity contribution in [1.29, 1.82) is 0 Å². The number of aromatic nitrogens is 2. The fraction of sp³-hybridized carbons (Fsp3) is 0.538. The van der Waals surface area contributed by atoms with Crippen LogP contribution in [-0.2, 0) is 4.79 Å². The predicted molar refractivity (Wildman–Crippen MR) is 76.4 cm³/mol. The molecule has 110 valence electrons. The smallest absolute Gasteiger partial charge is 0.272 e. The van der Waals surface area contributed by atoms with E-state index in [0.717, 1.165) is 0 Å². The zero-order valence-electron chi connectivity index (χ0n) is 12.2. The fourth-order valence-corrected chi connectivity index (χ4v) is 1.39. The fourth-order valence-electron chi connectivity index (χ4n) is 1.39. The van der Waals surface area contributed by atoms with Gasteiger partial charge < -0.3 is 16.0 Å². The van der Waals surface area contributed by atoms with Gasteiger partial charge in [0.1, 0.15) is 17.6 Å². The van der Waals surface area contributed by atoms with Crippen LogP contribution in [0.2, 0.25) is 0 Å². The Hall–Kier alpha value is -2.18. The van der Waals surface area contributed by atoms with E-state index in [0.29, 0.717) is 18.3 Å². The molecule has 0 saturated carbocycles. The number of rotatable bonds is 6. The van der Waals surface area contributed by atoms with Gasteiger partial charge in [-0.25, -0.2) is 4.98 Å². The maximum Gasteiger partial charge on any atom is 0.272 e. The number of hydrogen-bond donors (Lipinski definition) is 3. The monoisotopic (exact) mass is 279 g/mol. The molecule has 1 rings (SSSR count). The van der Waals surface area contributed by atoms with Crippen LogP contribution in [0.3, 0.4) is 0 Å². The second kappa shape index (κ2) is 7.42. The van der Waals surface area contributed by atoms with E-state index in [-0.39, 0.29) is 11.6 Å². The molecule has 1 aromatic rings. The molecule has 20 heavy (non-hydrogen) atoms. The van der Waals surface area contributed by atoms with Crippen LogP contribution in [0.15, 0.2) is 12.4 Å². The van der Waals surface area contributed by atoms with Crippen LogP contribution in [0, 0.1) is 5.92 Å². The largest absolute Gasteiger partial charge is 0.372 e. The molecule has 7 nitrogen and oxygen atoms in total. The van der Waals surface area contributed by atoms with Crippen molar-refractivity contribution in [2.45, 2.75) is 26.8 Å². The van der Waals surface area contributed by atoms with Crippen LogP contribution in [0.25, 0.3) is 0 Å². The molecule has 0 saturated heterocycles. The molecule has 2 amide bonds. The minimum atomic E-state index is -0.624. The first-order valence-corrected chi connectivity index (χ1v) is 6.52. The van der Waals surface area contributed by atoms with E-state index in [9.17, 15) is 9.59 Å². The molecular weight excluding hydrogens is 258 g/mol. The molecule has 0 fully saturated rings. The summed E-state index contributed by atoms with van der Waals surface area (Å²) >= 11 is 0. The second-order valence-electron chi connectivity index (χ2n) is 4.87. The number of anilines is 1. The standard InChI is InChI=1S/C13H21N5O2/c1-8(2)5-16-12(19)9(3)17-13(20)10-6-15-7-11(14-4)18-10/h6-9H,5H2,1-4H3,(H,14,18)(H,16,19)(H,17,20). The first-order valence-electron chi connectivity index (χ1n) is 6.52. The van der Waals surface area contributed by atoms with Crippen LogP contribution in [-0.4, -0.2) is 41.4 Å². The lowest BCUT2D eigenvalue weighted by Crippen LogP contribution is -2.45. The summed E-state index contributed by atoms with van der Waals surface area (Å²) in [6.07, 6.45) is 2.87. The number of hydrogen-bond acceptors (Lipinski definition) is 5. The van der Waals surface area contributed by atoms with Gasteiger partial charge in [-0.1, -0.05) is 13.8 Å². The molecular formula is C13H21N5O2. The maximum atomic E-state index is 11.9. The van der Waals surface area contributed by atoms with Crippen LogP contribution in [0.5, 0.6) is 0 Å². The summed E-state index contributed by atoms with van der Waals surface area (Å²) in [4.78, 5) is 31.7. The van der Waals surface area contributed by atoms with Gasteiger partial charge in [-0.3, -0.25) is 14.6 Å². The number of nitrogens with one attached hydrogen (secondary N) is 3. The van der Waals surface area contributed by atoms with E-state index in [4.69, 9.17) is 0 Å². The van der Waals surface area contributed by atoms with E-state index in [1.54, 1.807) is 14.0 Å². The molecule has 1 atom stereocenters. The summed E-state index contributed by atoms with van der Waals surface area (Å²) in [6, 6.07) is -0.624. The van der Waals surface area contributed by atoms with Crippen molar-refractivity contribution in [3.05, 3.63) is 18.1 Å². The third-order valence-electron chi connectivity index (χ3n) is 2.55. The van der Waals surface area contributed by atoms with Gasteiger partial charge >= 0.3 is 0 Å². The molecule has 3 N–H and O–H groups in total. The van der Waals surface area contributed by atoms with Gasteiger partial charge in [0.05, 0.1) is 12.4 Å². The lowest BCUT2D eigenvalue weighted by atomic mass is 10.2. The van der Waals surface area contributed by atoms with Gasteiger partial charge in [-0.05, 0) is 12.8 Å². The van der Waals surface area contributed by atoms with Gasteiger partial charge in [0.25, 0.3) is 5.91 Å². The van der Waals surface area contributed by atoms with Crippen LogP contribution < -0.4 is 16.0 Å². The predicted octanol–water partition coefficient (Wildman–Crippen LogP) is 0.409. The zero-order valence-corrected chi connectivity index (χ0v) is 12.2. The topological polar surface area (TPSA) is 96.0 Å². The van der Waals surface area contributed by atoms with Crippen molar-refractivity contribution in [2.75, 3.05) is 18.9 Å². The SMILES string of the molecule is CNc1cncc(C(=O)NC(C)C(=O)NCC(C)C)n1. The minimum Gasteiger partial charge on any atom is -0.372 e. The first kappa shape index (κ1) is 15.9. The van der Waals surface area contributed by atoms with Crippen LogP contribution in [0.4, 0.5) is 5.82 Å². The highest BCUT2D eigenvalue weighted by atomic mass is 16.2. The van der Waals surface area contributed by atoms with Gasteiger partial charge in [-0.15, -0.1) is 0 Å². The normalized spacial score (nSPS) is 11.8. The van der Waals surface area contributed by atoms with E-state index >= 15 is 0 Å². The summed E-state index contributed by atoms with van der Waals surface area (Å²) in [6.45, 7) is 6.21. The zero-order chi connectivity index (χ0) is 15.1. The van der Waals surface area contributed by atoms with Crippen molar-refractivity contribution in [1.82, 2.24) is 20.6 Å². The molecule has 1 heterocycles. The highest BCUT2D eigenvalue weighted by molar-refractivity contribution is 5.95. The lowest BCUT2D eigenvalue weighted by Gasteiger charge is -2.15. The summed E-state index contributed by atoms with van der Waals surface area (Å²) in [7, 11) is 1.69. The van der Waals surface area contributed by atoms with Crippen molar-refractivity contribution in [3.8, 4) is 0 Å². The van der Waals surface area contributed by atoms with Gasteiger partial charge in [0.2, 0.25) is 5.91 Å². The third-order valence-corrected chi connectivity index (χ3v) is 2.55. The molecule has 0 bridgehead atoms. The summed E-state index contributed by atoms with van der Waals surface area (Å²) in [5.74, 6) is 0.209. The molecule has 0 aliphatic heterocycles. The Morgan fingerprint density at radius 1 is 1.25 bits per heavy atom. The average molecular weight is 279 g/mol. The number of nitrogens with zero attached hydrogens (tertiary/aromatic N) is 2. The van der Waals surface area contributed by atoms with Gasteiger partial charge in [0.15, 0.2) is 0 Å². The Kier molecular flexibility index (Phi) is 5.89. The van der Waals surface area contributed by atoms with Gasteiger partial charge in [0, 0.05) is 13.6 Å². The number of carbonyl (C=O) groups excluding carboxylic acids is 2. The summed E-state index contributed by atoms with van der Waals surface area (Å²) in [5, 5.41) is 8.15. The van der Waals surface area contributed by atoms with E-state index in [2.05, 4.69) is 25.9 Å². The Morgan fingerprint density at radius 2 is 1.95 bits per heavy atom. The third kappa shape index (κ3) is 4.83. The Bertz CT molecular complexity index is 476. The Balaban J connectivity index is 2.58. The maximum absolute atomic E-state index is 11.9. The van der Waals surface area contributed by atoms with E-state index < -0.39 is 11.9 Å². The van der Waals surface area contributed by atoms with Gasteiger partial charge in [-0.2, -0.15) is 0 Å². The van der Waals surface area contributed by atoms with Crippen molar-refractivity contribution >= 4 is 17.6 Å². The highest BCUT2D eigenvalue weighted by Gasteiger charge is 2.17. The quantitative estimate of drug-likeness (QED) is 0.701. The lowest BCUT2D eigenvalue weighted by molar-refractivity contribution is -0.122. The molecule has 7 heteroatoms. The number of carbonyl (C=O) groups is 2. The molecule has 0 aliphatic rings. The second-order valence-corrected chi connectivity index (χ2v) is 4.87. The minimum absolute atomic E-state index is 0.167. The Labute approximate surface area is 118 Å². The molecule has 0 radical (unpaired) electrons. The average Bonchev–Trinajstić information content (AvgIpc) is 2.44. The molecule has 0 aliphatic carbocycles. The van der Waals surface area contributed by atoms with Crippen LogP contribution in [0.1, 0.15) is 31.3 Å². The van der Waals surface area contributed by atoms with E-state index in [1.165, 1.54) is 12.4 Å². The molecule has 0 spiro atoms. The molecule has 1 unspecified atom stereocenters. The van der Waals surface area contributed by atoms with Crippen molar-refractivity contribution in [2.24, 2.45) is 5.92 Å². The van der Waals surface area contributed by atoms with Crippen LogP contribution >= 0.6 is 0 Å². The molecule has 1 aromatic heterocycles. The van der Waals surface area contributed by atoms with Crippen molar-refractivity contribution < 1.29 is 9.59 Å². The highest BCUT2D eigenvalue weighted by Crippen LogP contribution is 2.01. The first-order chi connectivity index (χ1) is 9.43.